The zero-order valence-corrected chi connectivity index (χ0v) is 14.2. The van der Waals surface area contributed by atoms with Crippen LogP contribution in [-0.2, 0) is 11.2 Å². The van der Waals surface area contributed by atoms with Crippen LogP contribution in [0.5, 0.6) is 0 Å². The molecule has 1 aromatic carbocycles. The van der Waals surface area contributed by atoms with Crippen LogP contribution < -0.4 is 11.1 Å². The summed E-state index contributed by atoms with van der Waals surface area (Å²) in [5, 5.41) is 3.37. The van der Waals surface area contributed by atoms with Gasteiger partial charge in [0.25, 0.3) is 0 Å². The molecule has 0 radical (unpaired) electrons. The van der Waals surface area contributed by atoms with Gasteiger partial charge < -0.3 is 11.1 Å². The first kappa shape index (κ1) is 18.2. The molecule has 0 saturated heterocycles. The smallest absolute Gasteiger partial charge is 0.159 e. The van der Waals surface area contributed by atoms with Gasteiger partial charge in [0.2, 0.25) is 0 Å². The van der Waals surface area contributed by atoms with Crippen molar-refractivity contribution in [3.05, 3.63) is 35.9 Å². The van der Waals surface area contributed by atoms with Crippen LogP contribution in [0.25, 0.3) is 0 Å². The van der Waals surface area contributed by atoms with E-state index in [1.54, 1.807) is 11.8 Å². The van der Waals surface area contributed by atoms with Crippen LogP contribution in [0.15, 0.2) is 30.3 Å². The molecule has 0 saturated carbocycles. The third-order valence-electron chi connectivity index (χ3n) is 3.36. The number of Topliss-reactive ketones (excluding diaryl/α,β-unsaturated/α-hetero) is 1. The third kappa shape index (κ3) is 7.65. The van der Waals surface area contributed by atoms with Crippen molar-refractivity contribution < 1.29 is 4.79 Å². The number of carbonyl (C=O) groups excluding carboxylic acids is 1. The summed E-state index contributed by atoms with van der Waals surface area (Å²) in [4.78, 5) is 12.3. The number of nitrogens with two attached hydrogens (primary N) is 1. The van der Waals surface area contributed by atoms with Crippen molar-refractivity contribution in [2.45, 2.75) is 38.8 Å². The van der Waals surface area contributed by atoms with Gasteiger partial charge in [-0.2, -0.15) is 11.8 Å². The van der Waals surface area contributed by atoms with Crippen LogP contribution in [0.4, 0.5) is 0 Å². The number of carbonyl (C=O) groups is 1. The van der Waals surface area contributed by atoms with E-state index in [1.807, 2.05) is 24.5 Å². The lowest BCUT2D eigenvalue weighted by molar-refractivity contribution is -0.118. The van der Waals surface area contributed by atoms with E-state index in [2.05, 4.69) is 31.3 Å². The highest BCUT2D eigenvalue weighted by Gasteiger charge is 2.19. The Morgan fingerprint density at radius 3 is 2.52 bits per heavy atom. The van der Waals surface area contributed by atoms with Crippen LogP contribution in [0.2, 0.25) is 0 Å². The van der Waals surface area contributed by atoms with Gasteiger partial charge in [-0.25, -0.2) is 0 Å². The second-order valence-electron chi connectivity index (χ2n) is 5.94. The van der Waals surface area contributed by atoms with Gasteiger partial charge in [0.1, 0.15) is 0 Å². The van der Waals surface area contributed by atoms with Crippen molar-refractivity contribution in [3.63, 3.8) is 0 Å². The lowest BCUT2D eigenvalue weighted by atomic mass is 10.0. The predicted molar refractivity (Wildman–Crippen MR) is 92.8 cm³/mol. The second kappa shape index (κ2) is 9.98. The van der Waals surface area contributed by atoms with Gasteiger partial charge in [0.15, 0.2) is 5.78 Å². The molecule has 3 nitrogen and oxygen atoms in total. The molecule has 21 heavy (non-hydrogen) atoms. The lowest BCUT2D eigenvalue weighted by Gasteiger charge is -2.21. The molecule has 0 spiro atoms. The average Bonchev–Trinajstić information content (AvgIpc) is 2.44. The predicted octanol–water partition coefficient (Wildman–Crippen LogP) is 2.49. The molecule has 0 bridgehead atoms. The molecule has 4 heteroatoms. The van der Waals surface area contributed by atoms with E-state index < -0.39 is 0 Å². The first-order valence-corrected chi connectivity index (χ1v) is 8.96. The van der Waals surface area contributed by atoms with Gasteiger partial charge >= 0.3 is 0 Å². The third-order valence-corrected chi connectivity index (χ3v) is 3.93. The Kier molecular flexibility index (Phi) is 8.66. The largest absolute Gasteiger partial charge is 0.327 e. The fraction of sp³-hybridized carbons (Fsp3) is 0.588. The minimum Gasteiger partial charge on any atom is -0.327 e. The van der Waals surface area contributed by atoms with E-state index in [1.165, 1.54) is 5.56 Å². The van der Waals surface area contributed by atoms with E-state index in [0.29, 0.717) is 18.2 Å². The van der Waals surface area contributed by atoms with E-state index in [-0.39, 0.29) is 17.9 Å². The van der Waals surface area contributed by atoms with Crippen molar-refractivity contribution in [2.75, 3.05) is 18.6 Å². The zero-order chi connectivity index (χ0) is 15.7. The van der Waals surface area contributed by atoms with Crippen LogP contribution in [0.1, 0.15) is 25.8 Å². The van der Waals surface area contributed by atoms with Gasteiger partial charge in [-0.1, -0.05) is 44.2 Å². The summed E-state index contributed by atoms with van der Waals surface area (Å²) >= 11 is 1.57. The summed E-state index contributed by atoms with van der Waals surface area (Å²) in [5.41, 5.74) is 7.29. The minimum atomic E-state index is -0.141. The number of hydrogen-bond acceptors (Lipinski definition) is 4. The Bertz CT molecular complexity index is 409. The highest BCUT2D eigenvalue weighted by Crippen LogP contribution is 2.07. The highest BCUT2D eigenvalue weighted by molar-refractivity contribution is 7.99. The minimum absolute atomic E-state index is 0.102. The van der Waals surface area contributed by atoms with Crippen molar-refractivity contribution >= 4 is 17.5 Å². The molecule has 2 atom stereocenters. The molecule has 3 N–H and O–H groups in total. The molecule has 0 aliphatic heterocycles. The SMILES string of the molecule is CSCC(=O)C(Cc1ccccc1)NCC(N)CC(C)C. The topological polar surface area (TPSA) is 55.1 Å². The van der Waals surface area contributed by atoms with Crippen molar-refractivity contribution in [1.29, 1.82) is 0 Å². The number of nitrogens with one attached hydrogen (secondary N) is 1. The Morgan fingerprint density at radius 1 is 1.29 bits per heavy atom. The summed E-state index contributed by atoms with van der Waals surface area (Å²) < 4.78 is 0. The molecule has 0 aliphatic rings. The Morgan fingerprint density at radius 2 is 1.95 bits per heavy atom. The molecule has 0 aliphatic carbocycles. The number of benzene rings is 1. The van der Waals surface area contributed by atoms with Crippen molar-refractivity contribution in [3.8, 4) is 0 Å². The van der Waals surface area contributed by atoms with Crippen LogP contribution in [0.3, 0.4) is 0 Å². The Labute approximate surface area is 133 Å². The zero-order valence-electron chi connectivity index (χ0n) is 13.3. The quantitative estimate of drug-likeness (QED) is 0.697. The van der Waals surface area contributed by atoms with E-state index >= 15 is 0 Å². The van der Waals surface area contributed by atoms with E-state index in [9.17, 15) is 4.79 Å². The lowest BCUT2D eigenvalue weighted by Crippen LogP contribution is -2.45. The fourth-order valence-corrected chi connectivity index (χ4v) is 2.86. The summed E-state index contributed by atoms with van der Waals surface area (Å²) in [6.07, 6.45) is 3.67. The van der Waals surface area contributed by atoms with Gasteiger partial charge in [-0.05, 0) is 30.6 Å². The van der Waals surface area contributed by atoms with Crippen molar-refractivity contribution in [2.24, 2.45) is 11.7 Å². The monoisotopic (exact) mass is 308 g/mol. The molecule has 0 aromatic heterocycles. The van der Waals surface area contributed by atoms with Crippen LogP contribution >= 0.6 is 11.8 Å². The molecule has 118 valence electrons. The second-order valence-corrected chi connectivity index (χ2v) is 6.81. The maximum absolute atomic E-state index is 12.3. The molecule has 1 aromatic rings. The van der Waals surface area contributed by atoms with Crippen LogP contribution in [-0.4, -0.2) is 36.4 Å². The maximum Gasteiger partial charge on any atom is 0.159 e. The standard InChI is InChI=1S/C17H28N2OS/c1-13(2)9-15(18)11-19-16(17(20)12-21-3)10-14-7-5-4-6-8-14/h4-8,13,15-16,19H,9-12,18H2,1-3H3. The van der Waals surface area contributed by atoms with Crippen molar-refractivity contribution in [1.82, 2.24) is 5.32 Å². The molecular weight excluding hydrogens is 280 g/mol. The molecular formula is C17H28N2OS. The first-order valence-electron chi connectivity index (χ1n) is 7.57. The van der Waals surface area contributed by atoms with E-state index in [0.717, 1.165) is 12.8 Å². The maximum atomic E-state index is 12.3. The van der Waals surface area contributed by atoms with Gasteiger partial charge in [-0.15, -0.1) is 0 Å². The number of thioether (sulfide) groups is 1. The molecule has 0 fully saturated rings. The van der Waals surface area contributed by atoms with E-state index in [4.69, 9.17) is 5.73 Å². The number of ketones is 1. The summed E-state index contributed by atoms with van der Waals surface area (Å²) in [6, 6.07) is 10.1. The van der Waals surface area contributed by atoms with Gasteiger partial charge in [-0.3, -0.25) is 4.79 Å². The first-order chi connectivity index (χ1) is 10.0. The Hall–Kier alpha value is -0.840. The summed E-state index contributed by atoms with van der Waals surface area (Å²) in [7, 11) is 0. The average molecular weight is 308 g/mol. The molecule has 2 unspecified atom stereocenters. The van der Waals surface area contributed by atoms with Crippen LogP contribution in [0, 0.1) is 5.92 Å². The normalized spacial score (nSPS) is 14.1. The highest BCUT2D eigenvalue weighted by atomic mass is 32.2. The molecule has 0 heterocycles. The van der Waals surface area contributed by atoms with Gasteiger partial charge in [0.05, 0.1) is 11.8 Å². The number of rotatable bonds is 10. The summed E-state index contributed by atoms with van der Waals surface area (Å²) in [6.45, 7) is 5.02. The molecule has 1 rings (SSSR count). The summed E-state index contributed by atoms with van der Waals surface area (Å²) in [5.74, 6) is 1.38. The fourth-order valence-electron chi connectivity index (χ4n) is 2.37. The molecule has 0 amide bonds. The Balaban J connectivity index is 2.58. The number of hydrogen-bond donors (Lipinski definition) is 2. The van der Waals surface area contributed by atoms with Gasteiger partial charge in [0, 0.05) is 12.6 Å².